The van der Waals surface area contributed by atoms with E-state index in [1.54, 1.807) is 0 Å². The van der Waals surface area contributed by atoms with E-state index in [1.165, 1.54) is 13.2 Å². The summed E-state index contributed by atoms with van der Waals surface area (Å²) in [5.74, 6) is -1.99. The van der Waals surface area contributed by atoms with Crippen LogP contribution in [0, 0.1) is 11.8 Å². The summed E-state index contributed by atoms with van der Waals surface area (Å²) in [6, 6.07) is 0. The molecule has 10 nitrogen and oxygen atoms in total. The van der Waals surface area contributed by atoms with E-state index in [-0.39, 0.29) is 12.0 Å². The molecule has 178 valence electrons. The molecule has 0 aromatic carbocycles. The molecule has 0 aromatic rings. The van der Waals surface area contributed by atoms with Crippen molar-refractivity contribution < 1.29 is 49.0 Å². The highest BCUT2D eigenvalue weighted by Crippen LogP contribution is 2.36. The summed E-state index contributed by atoms with van der Waals surface area (Å²) in [5.41, 5.74) is 0.128. The van der Waals surface area contributed by atoms with Crippen LogP contribution in [0.25, 0.3) is 0 Å². The summed E-state index contributed by atoms with van der Waals surface area (Å²) in [7, 11) is 1.20. The SMILES string of the molecule is C=C[C@H]1[C@H](O[C@@H]2O[C@H](CO)[C@@H](O)[C@H](O)[C@H]2O)OC=C(C(=O)OC)[C@H]1CC=O.ClC(Cl)Cl. The van der Waals surface area contributed by atoms with Crippen molar-refractivity contribution in [3.05, 3.63) is 24.5 Å². The highest BCUT2D eigenvalue weighted by Gasteiger charge is 2.47. The van der Waals surface area contributed by atoms with Crippen molar-refractivity contribution in [2.45, 2.75) is 47.7 Å². The number of ether oxygens (including phenoxy) is 4. The Hall–Kier alpha value is -0.950. The average molecular weight is 508 g/mol. The lowest BCUT2D eigenvalue weighted by Crippen LogP contribution is -2.60. The Morgan fingerprint density at radius 3 is 2.32 bits per heavy atom. The number of methoxy groups -OCH3 is 1. The summed E-state index contributed by atoms with van der Waals surface area (Å²) in [6.07, 6.45) is -5.31. The maximum atomic E-state index is 11.9. The highest BCUT2D eigenvalue weighted by atomic mass is 35.6. The average Bonchev–Trinajstić information content (AvgIpc) is 2.73. The van der Waals surface area contributed by atoms with E-state index in [1.807, 2.05) is 0 Å². The zero-order valence-electron chi connectivity index (χ0n) is 16.4. The Morgan fingerprint density at radius 2 is 1.84 bits per heavy atom. The second-order valence-corrected chi connectivity index (χ2v) is 8.45. The third-order valence-electron chi connectivity index (χ3n) is 4.67. The van der Waals surface area contributed by atoms with Gasteiger partial charge < -0.3 is 44.2 Å². The van der Waals surface area contributed by atoms with Gasteiger partial charge in [0.15, 0.2) is 10.6 Å². The van der Waals surface area contributed by atoms with Gasteiger partial charge in [0.05, 0.1) is 25.6 Å². The summed E-state index contributed by atoms with van der Waals surface area (Å²) in [4.78, 5) is 23.0. The van der Waals surface area contributed by atoms with Crippen molar-refractivity contribution in [2.75, 3.05) is 13.7 Å². The molecule has 0 aliphatic carbocycles. The first-order valence-electron chi connectivity index (χ1n) is 9.01. The maximum absolute atomic E-state index is 11.9. The first-order valence-corrected chi connectivity index (χ1v) is 10.3. The zero-order chi connectivity index (χ0) is 23.7. The summed E-state index contributed by atoms with van der Waals surface area (Å²) in [5, 5.41) is 39.0. The smallest absolute Gasteiger partial charge is 0.337 e. The normalized spacial score (nSPS) is 35.2. The molecule has 2 rings (SSSR count). The standard InChI is InChI=1S/C17H24O10.CHCl3/c1-3-8-9(4-5-18)10(15(23)24-2)7-25-16(8)27-17-14(22)13(21)12(20)11(6-19)26-17;2-1(3)4/h3,5,7-9,11-14,16-17,19-22H,1,4,6H2,2H3;1H/t8-,9+,11-,12-,13+,14-,16+,17+;/m1./s1. The van der Waals surface area contributed by atoms with Gasteiger partial charge in [0.1, 0.15) is 30.7 Å². The van der Waals surface area contributed by atoms with Crippen LogP contribution in [0.3, 0.4) is 0 Å². The van der Waals surface area contributed by atoms with Gasteiger partial charge >= 0.3 is 5.97 Å². The molecule has 8 atom stereocenters. The number of carbonyl (C=O) groups is 2. The molecule has 0 bridgehead atoms. The Morgan fingerprint density at radius 1 is 1.23 bits per heavy atom. The van der Waals surface area contributed by atoms with Crippen LogP contribution in [0.2, 0.25) is 0 Å². The lowest BCUT2D eigenvalue weighted by molar-refractivity contribution is -0.339. The Labute approximate surface area is 193 Å². The molecule has 4 N–H and O–H groups in total. The quantitative estimate of drug-likeness (QED) is 0.163. The first-order chi connectivity index (χ1) is 14.6. The van der Waals surface area contributed by atoms with Crippen LogP contribution in [-0.4, -0.2) is 87.7 Å². The van der Waals surface area contributed by atoms with Crippen LogP contribution in [0.4, 0.5) is 0 Å². The van der Waals surface area contributed by atoms with Gasteiger partial charge in [0, 0.05) is 18.3 Å². The van der Waals surface area contributed by atoms with Crippen molar-refractivity contribution in [3.8, 4) is 0 Å². The molecule has 2 aliphatic rings. The van der Waals surface area contributed by atoms with Crippen LogP contribution < -0.4 is 0 Å². The van der Waals surface area contributed by atoms with Crippen molar-refractivity contribution in [2.24, 2.45) is 11.8 Å². The van der Waals surface area contributed by atoms with Gasteiger partial charge in [0.2, 0.25) is 6.29 Å². The molecule has 1 fully saturated rings. The van der Waals surface area contributed by atoms with Crippen LogP contribution in [0.1, 0.15) is 6.42 Å². The van der Waals surface area contributed by atoms with E-state index in [2.05, 4.69) is 11.3 Å². The van der Waals surface area contributed by atoms with Gasteiger partial charge in [-0.05, 0) is 0 Å². The number of halogens is 3. The lowest BCUT2D eigenvalue weighted by Gasteiger charge is -2.42. The summed E-state index contributed by atoms with van der Waals surface area (Å²) < 4.78 is 20.2. The van der Waals surface area contributed by atoms with Gasteiger partial charge in [-0.1, -0.05) is 40.9 Å². The number of hydrogen-bond acceptors (Lipinski definition) is 10. The predicted molar refractivity (Wildman–Crippen MR) is 109 cm³/mol. The molecule has 1 saturated heterocycles. The van der Waals surface area contributed by atoms with Crippen LogP contribution in [0.5, 0.6) is 0 Å². The highest BCUT2D eigenvalue weighted by molar-refractivity contribution is 6.63. The van der Waals surface area contributed by atoms with E-state index < -0.39 is 65.7 Å². The fraction of sp³-hybridized carbons (Fsp3) is 0.667. The van der Waals surface area contributed by atoms with Gasteiger partial charge in [-0.25, -0.2) is 4.79 Å². The number of aliphatic hydroxyl groups excluding tert-OH is 4. The van der Waals surface area contributed by atoms with Gasteiger partial charge in [0.25, 0.3) is 0 Å². The van der Waals surface area contributed by atoms with Crippen LogP contribution in [0.15, 0.2) is 24.5 Å². The van der Waals surface area contributed by atoms with Gasteiger partial charge in [-0.15, -0.1) is 6.58 Å². The van der Waals surface area contributed by atoms with E-state index in [9.17, 15) is 30.0 Å². The topological polar surface area (TPSA) is 152 Å². The Kier molecular flexibility index (Phi) is 12.3. The Balaban J connectivity index is 0.00000110. The van der Waals surface area contributed by atoms with Gasteiger partial charge in [-0.3, -0.25) is 0 Å². The number of carbonyl (C=O) groups excluding carboxylic acids is 2. The fourth-order valence-corrected chi connectivity index (χ4v) is 3.13. The molecule has 2 aliphatic heterocycles. The van der Waals surface area contributed by atoms with Crippen LogP contribution >= 0.6 is 34.8 Å². The predicted octanol–water partition coefficient (Wildman–Crippen LogP) is 0.210. The van der Waals surface area contributed by atoms with Gasteiger partial charge in [-0.2, -0.15) is 0 Å². The second-order valence-electron chi connectivity index (χ2n) is 6.47. The summed E-state index contributed by atoms with van der Waals surface area (Å²) in [6.45, 7) is 3.06. The van der Waals surface area contributed by atoms with E-state index in [4.69, 9.17) is 49.0 Å². The largest absolute Gasteiger partial charge is 0.471 e. The molecule has 2 heterocycles. The van der Waals surface area contributed by atoms with E-state index >= 15 is 0 Å². The molecule has 0 spiro atoms. The van der Waals surface area contributed by atoms with Crippen molar-refractivity contribution >= 4 is 47.1 Å². The number of aliphatic hydroxyl groups is 4. The number of hydrogen-bond donors (Lipinski definition) is 4. The molecule has 0 radical (unpaired) electrons. The van der Waals surface area contributed by atoms with E-state index in [0.29, 0.717) is 6.29 Å². The van der Waals surface area contributed by atoms with Crippen molar-refractivity contribution in [3.63, 3.8) is 0 Å². The summed E-state index contributed by atoms with van der Waals surface area (Å²) >= 11 is 14.4. The molecule has 0 amide bonds. The fourth-order valence-electron chi connectivity index (χ4n) is 3.13. The number of aldehydes is 1. The van der Waals surface area contributed by atoms with E-state index in [0.717, 1.165) is 6.26 Å². The molecule has 0 saturated carbocycles. The Bertz CT molecular complexity index is 627. The number of alkyl halides is 3. The zero-order valence-corrected chi connectivity index (χ0v) is 18.7. The lowest BCUT2D eigenvalue weighted by atomic mass is 9.82. The first kappa shape index (κ1) is 28.1. The molecule has 0 aromatic heterocycles. The van der Waals surface area contributed by atoms with Crippen molar-refractivity contribution in [1.29, 1.82) is 0 Å². The number of rotatable bonds is 7. The molecule has 31 heavy (non-hydrogen) atoms. The minimum atomic E-state index is -1.62. The number of esters is 1. The molecule has 13 heteroatoms. The third-order valence-corrected chi connectivity index (χ3v) is 4.67. The third kappa shape index (κ3) is 7.55. The molecule has 0 unspecified atom stereocenters. The maximum Gasteiger partial charge on any atom is 0.337 e. The minimum Gasteiger partial charge on any atom is -0.471 e. The van der Waals surface area contributed by atoms with Crippen molar-refractivity contribution in [1.82, 2.24) is 0 Å². The monoisotopic (exact) mass is 506 g/mol. The molecular weight excluding hydrogens is 483 g/mol. The van der Waals surface area contributed by atoms with Crippen LogP contribution in [-0.2, 0) is 28.5 Å². The minimum absolute atomic E-state index is 0.0322. The molecular formula is C18H25Cl3O10. The second kappa shape index (κ2) is 13.6.